The molecule has 0 aliphatic carbocycles. The summed E-state index contributed by atoms with van der Waals surface area (Å²) >= 11 is 16.4. The Balaban J connectivity index is 1.40. The van der Waals surface area contributed by atoms with Crippen molar-refractivity contribution in [2.75, 3.05) is 11.9 Å². The minimum absolute atomic E-state index is 0.234. The second-order valence-corrected chi connectivity index (χ2v) is 11.0. The van der Waals surface area contributed by atoms with Crippen LogP contribution < -0.4 is 10.1 Å². The predicted molar refractivity (Wildman–Crippen MR) is 152 cm³/mol. The summed E-state index contributed by atoms with van der Waals surface area (Å²) < 4.78 is 6.52. The highest BCUT2D eigenvalue weighted by Crippen LogP contribution is 2.34. The van der Waals surface area contributed by atoms with Crippen LogP contribution in [0, 0.1) is 13.8 Å². The van der Waals surface area contributed by atoms with E-state index in [1.165, 1.54) is 0 Å². The summed E-state index contributed by atoms with van der Waals surface area (Å²) in [4.78, 5) is 39.0. The molecule has 0 saturated carbocycles. The van der Waals surface area contributed by atoms with Crippen molar-refractivity contribution in [2.24, 2.45) is 0 Å². The summed E-state index contributed by atoms with van der Waals surface area (Å²) in [7, 11) is 0. The Bertz CT molecular complexity index is 1440. The van der Waals surface area contributed by atoms with Crippen LogP contribution in [0.1, 0.15) is 22.3 Å². The Morgan fingerprint density at radius 3 is 2.57 bits per heavy atom. The van der Waals surface area contributed by atoms with Crippen LogP contribution in [-0.4, -0.2) is 28.5 Å². The molecular weight excluding hydrogens is 599 g/mol. The number of amides is 3. The first kappa shape index (κ1) is 27.3. The molecule has 3 aromatic carbocycles. The van der Waals surface area contributed by atoms with Crippen LogP contribution in [0.2, 0.25) is 10.0 Å². The zero-order valence-corrected chi connectivity index (χ0v) is 23.7. The molecule has 0 atom stereocenters. The second-order valence-electron chi connectivity index (χ2n) is 8.35. The van der Waals surface area contributed by atoms with Crippen LogP contribution in [0.4, 0.5) is 10.5 Å². The molecule has 1 aliphatic heterocycles. The molecule has 1 saturated heterocycles. The molecule has 6 nitrogen and oxygen atoms in total. The molecule has 4 rings (SSSR count). The van der Waals surface area contributed by atoms with Gasteiger partial charge in [0.1, 0.15) is 18.9 Å². The number of ether oxygens (including phenoxy) is 1. The van der Waals surface area contributed by atoms with Crippen molar-refractivity contribution in [3.63, 3.8) is 0 Å². The van der Waals surface area contributed by atoms with E-state index >= 15 is 0 Å². The zero-order chi connectivity index (χ0) is 26.7. The Hall–Kier alpha value is -2.78. The lowest BCUT2D eigenvalue weighted by Gasteiger charge is -2.14. The SMILES string of the molecule is Cc1ccc(NC(=O)CN2C(=O)S/C(=C/c3ccc(OCc4ccc(Cl)cc4Cl)c(Br)c3)C2=O)c(C)c1. The maximum Gasteiger partial charge on any atom is 0.294 e. The summed E-state index contributed by atoms with van der Waals surface area (Å²) in [6.45, 7) is 3.73. The smallest absolute Gasteiger partial charge is 0.294 e. The number of imide groups is 1. The molecule has 3 aromatic rings. The molecule has 10 heteroatoms. The van der Waals surface area contributed by atoms with Crippen molar-refractivity contribution in [3.8, 4) is 5.75 Å². The minimum atomic E-state index is -0.514. The highest BCUT2D eigenvalue weighted by Gasteiger charge is 2.36. The lowest BCUT2D eigenvalue weighted by molar-refractivity contribution is -0.127. The number of nitrogens with one attached hydrogen (secondary N) is 1. The van der Waals surface area contributed by atoms with E-state index in [0.29, 0.717) is 31.5 Å². The molecule has 37 heavy (non-hydrogen) atoms. The van der Waals surface area contributed by atoms with Crippen molar-refractivity contribution < 1.29 is 19.1 Å². The number of carbonyl (C=O) groups is 3. The standard InChI is InChI=1S/C27H21BrCl2N2O4S/c1-15-3-7-22(16(2)9-15)31-25(33)13-32-26(34)24(37-27(32)35)11-17-4-8-23(20(28)10-17)36-14-18-5-6-19(29)12-21(18)30/h3-12H,13-14H2,1-2H3,(H,31,33)/b24-11+. The van der Waals surface area contributed by atoms with E-state index in [-0.39, 0.29) is 18.1 Å². The van der Waals surface area contributed by atoms with E-state index in [1.807, 2.05) is 26.0 Å². The van der Waals surface area contributed by atoms with Gasteiger partial charge in [-0.15, -0.1) is 0 Å². The number of carbonyl (C=O) groups excluding carboxylic acids is 3. The Morgan fingerprint density at radius 1 is 1.08 bits per heavy atom. The Kier molecular flexibility index (Phi) is 8.64. The van der Waals surface area contributed by atoms with Gasteiger partial charge in [0.05, 0.1) is 9.38 Å². The van der Waals surface area contributed by atoms with E-state index in [0.717, 1.165) is 33.4 Å². The fourth-order valence-corrected chi connectivity index (χ4v) is 5.41. The number of hydrogen-bond acceptors (Lipinski definition) is 5. The molecule has 0 bridgehead atoms. The summed E-state index contributed by atoms with van der Waals surface area (Å²) in [6, 6.07) is 16.1. The van der Waals surface area contributed by atoms with E-state index in [1.54, 1.807) is 48.5 Å². The van der Waals surface area contributed by atoms with Crippen LogP contribution in [0.15, 0.2) is 64.0 Å². The highest BCUT2D eigenvalue weighted by molar-refractivity contribution is 9.10. The summed E-state index contributed by atoms with van der Waals surface area (Å²) in [5.41, 5.74) is 4.09. The number of thioether (sulfide) groups is 1. The number of rotatable bonds is 7. The normalized spacial score (nSPS) is 14.4. The first-order valence-electron chi connectivity index (χ1n) is 11.1. The van der Waals surface area contributed by atoms with Gasteiger partial charge in [-0.2, -0.15) is 0 Å². The largest absolute Gasteiger partial charge is 0.488 e. The third-order valence-corrected chi connectivity index (χ3v) is 7.60. The molecule has 1 aliphatic rings. The number of benzene rings is 3. The second kappa shape index (κ2) is 11.7. The summed E-state index contributed by atoms with van der Waals surface area (Å²) in [5, 5.41) is 3.33. The molecule has 0 radical (unpaired) electrons. The van der Waals surface area contributed by atoms with Crippen molar-refractivity contribution in [3.05, 3.63) is 96.3 Å². The highest BCUT2D eigenvalue weighted by atomic mass is 79.9. The van der Waals surface area contributed by atoms with E-state index in [4.69, 9.17) is 27.9 Å². The van der Waals surface area contributed by atoms with Crippen LogP contribution >= 0.6 is 50.9 Å². The maximum atomic E-state index is 12.9. The van der Waals surface area contributed by atoms with Gasteiger partial charge in [-0.25, -0.2) is 0 Å². The van der Waals surface area contributed by atoms with E-state index in [2.05, 4.69) is 21.2 Å². The quantitative estimate of drug-likeness (QED) is 0.275. The lowest BCUT2D eigenvalue weighted by Crippen LogP contribution is -2.36. The fourth-order valence-electron chi connectivity index (χ4n) is 3.59. The van der Waals surface area contributed by atoms with Gasteiger partial charge in [-0.05, 0) is 89.1 Å². The van der Waals surface area contributed by atoms with Crippen LogP contribution in [0.3, 0.4) is 0 Å². The van der Waals surface area contributed by atoms with Crippen LogP contribution in [-0.2, 0) is 16.2 Å². The average molecular weight is 620 g/mol. The predicted octanol–water partition coefficient (Wildman–Crippen LogP) is 7.63. The number of nitrogens with zero attached hydrogens (tertiary/aromatic N) is 1. The van der Waals surface area contributed by atoms with Crippen molar-refractivity contribution in [2.45, 2.75) is 20.5 Å². The molecule has 0 aromatic heterocycles. The molecule has 1 N–H and O–H groups in total. The minimum Gasteiger partial charge on any atom is -0.488 e. The number of aryl methyl sites for hydroxylation is 2. The summed E-state index contributed by atoms with van der Waals surface area (Å²) in [6.07, 6.45) is 1.61. The number of halogens is 3. The maximum absolute atomic E-state index is 12.9. The van der Waals surface area contributed by atoms with E-state index in [9.17, 15) is 14.4 Å². The van der Waals surface area contributed by atoms with Crippen molar-refractivity contribution >= 4 is 79.7 Å². The van der Waals surface area contributed by atoms with Crippen LogP contribution in [0.5, 0.6) is 5.75 Å². The summed E-state index contributed by atoms with van der Waals surface area (Å²) in [5.74, 6) is -0.375. The van der Waals surface area contributed by atoms with E-state index < -0.39 is 17.1 Å². The molecule has 3 amide bonds. The lowest BCUT2D eigenvalue weighted by atomic mass is 10.1. The molecular formula is C27H21BrCl2N2O4S. The molecule has 190 valence electrons. The van der Waals surface area contributed by atoms with Gasteiger partial charge in [0.25, 0.3) is 11.1 Å². The van der Waals surface area contributed by atoms with Crippen molar-refractivity contribution in [1.82, 2.24) is 4.90 Å². The zero-order valence-electron chi connectivity index (χ0n) is 19.8. The topological polar surface area (TPSA) is 75.7 Å². The number of hydrogen-bond donors (Lipinski definition) is 1. The average Bonchev–Trinajstić information content (AvgIpc) is 3.08. The van der Waals surface area contributed by atoms with Gasteiger partial charge < -0.3 is 10.1 Å². The third-order valence-electron chi connectivity index (χ3n) is 5.48. The van der Waals surface area contributed by atoms with Gasteiger partial charge in [0, 0.05) is 21.3 Å². The molecule has 0 spiro atoms. The fraction of sp³-hybridized carbons (Fsp3) is 0.148. The van der Waals surface area contributed by atoms with Crippen molar-refractivity contribution in [1.29, 1.82) is 0 Å². The van der Waals surface area contributed by atoms with Gasteiger partial charge in [0.15, 0.2) is 0 Å². The molecule has 0 unspecified atom stereocenters. The first-order valence-corrected chi connectivity index (χ1v) is 13.5. The first-order chi connectivity index (χ1) is 17.6. The van der Waals surface area contributed by atoms with Gasteiger partial charge >= 0.3 is 0 Å². The Morgan fingerprint density at radius 2 is 1.86 bits per heavy atom. The third kappa shape index (κ3) is 6.76. The van der Waals surface area contributed by atoms with Gasteiger partial charge in [-0.1, -0.05) is 53.0 Å². The van der Waals surface area contributed by atoms with Gasteiger partial charge in [0.2, 0.25) is 5.91 Å². The molecule has 1 heterocycles. The molecule has 1 fully saturated rings. The Labute approximate surface area is 237 Å². The monoisotopic (exact) mass is 618 g/mol. The number of anilines is 1. The van der Waals surface area contributed by atoms with Gasteiger partial charge in [-0.3, -0.25) is 19.3 Å². The van der Waals surface area contributed by atoms with Crippen LogP contribution in [0.25, 0.3) is 6.08 Å².